The van der Waals surface area contributed by atoms with Gasteiger partial charge in [0.25, 0.3) is 5.56 Å². The first-order valence-electron chi connectivity index (χ1n) is 11.1. The fourth-order valence-corrected chi connectivity index (χ4v) is 4.02. The summed E-state index contributed by atoms with van der Waals surface area (Å²) in [6.45, 7) is 0.447. The highest BCUT2D eigenvalue weighted by molar-refractivity contribution is 5.94. The Balaban J connectivity index is 1.46. The van der Waals surface area contributed by atoms with Crippen LogP contribution in [0, 0.1) is 0 Å². The molecule has 0 unspecified atom stereocenters. The Morgan fingerprint density at radius 2 is 1.79 bits per heavy atom. The summed E-state index contributed by atoms with van der Waals surface area (Å²) in [4.78, 5) is 30.9. The molecule has 1 N–H and O–H groups in total. The van der Waals surface area contributed by atoms with E-state index in [0.29, 0.717) is 29.1 Å². The SMILES string of the molecule is COc1ccc(Cn2c(C3CC3)nc3ccc(NC(=O)Cc4ccccc4)cc3c2=O)cc1. The maximum Gasteiger partial charge on any atom is 0.261 e. The van der Waals surface area contributed by atoms with E-state index in [9.17, 15) is 9.59 Å². The normalized spacial score (nSPS) is 13.1. The predicted octanol–water partition coefficient (Wildman–Crippen LogP) is 4.51. The van der Waals surface area contributed by atoms with Crippen LogP contribution in [-0.4, -0.2) is 22.6 Å². The number of fused-ring (bicyclic) bond motifs is 1. The number of carbonyl (C=O) groups is 1. The van der Waals surface area contributed by atoms with Gasteiger partial charge in [0.1, 0.15) is 11.6 Å². The Bertz CT molecular complexity index is 1360. The average Bonchev–Trinajstić information content (AvgIpc) is 3.67. The number of carbonyl (C=O) groups excluding carboxylic acids is 1. The van der Waals surface area contributed by atoms with Crippen LogP contribution >= 0.6 is 0 Å². The van der Waals surface area contributed by atoms with Gasteiger partial charge in [0.05, 0.1) is 31.0 Å². The third kappa shape index (κ3) is 4.65. The number of hydrogen-bond acceptors (Lipinski definition) is 4. The molecule has 0 spiro atoms. The van der Waals surface area contributed by atoms with Crippen molar-refractivity contribution < 1.29 is 9.53 Å². The number of amides is 1. The summed E-state index contributed by atoms with van der Waals surface area (Å²) < 4.78 is 7.01. The molecule has 1 amide bonds. The number of anilines is 1. The molecule has 4 aromatic rings. The van der Waals surface area contributed by atoms with Crippen molar-refractivity contribution in [2.75, 3.05) is 12.4 Å². The number of hydrogen-bond donors (Lipinski definition) is 1. The number of methoxy groups -OCH3 is 1. The zero-order valence-electron chi connectivity index (χ0n) is 18.5. The first-order valence-corrected chi connectivity index (χ1v) is 11.1. The first-order chi connectivity index (χ1) is 16.1. The lowest BCUT2D eigenvalue weighted by Crippen LogP contribution is -2.26. The summed E-state index contributed by atoms with van der Waals surface area (Å²) in [6, 6.07) is 22.7. The molecular formula is C27H25N3O3. The van der Waals surface area contributed by atoms with Crippen molar-refractivity contribution in [2.24, 2.45) is 0 Å². The van der Waals surface area contributed by atoms with E-state index in [-0.39, 0.29) is 17.9 Å². The summed E-state index contributed by atoms with van der Waals surface area (Å²) in [5.41, 5.74) is 3.12. The van der Waals surface area contributed by atoms with Gasteiger partial charge in [-0.3, -0.25) is 14.2 Å². The number of ether oxygens (including phenoxy) is 1. The monoisotopic (exact) mass is 439 g/mol. The van der Waals surface area contributed by atoms with Crippen LogP contribution in [0.3, 0.4) is 0 Å². The molecule has 1 aliphatic carbocycles. The van der Waals surface area contributed by atoms with Crippen LogP contribution in [0.4, 0.5) is 5.69 Å². The van der Waals surface area contributed by atoms with Gasteiger partial charge in [0.15, 0.2) is 0 Å². The fourth-order valence-electron chi connectivity index (χ4n) is 4.02. The Morgan fingerprint density at radius 1 is 1.03 bits per heavy atom. The van der Waals surface area contributed by atoms with Crippen molar-refractivity contribution in [3.05, 3.63) is 100 Å². The van der Waals surface area contributed by atoms with Crippen molar-refractivity contribution >= 4 is 22.5 Å². The molecule has 1 heterocycles. The lowest BCUT2D eigenvalue weighted by atomic mass is 10.1. The van der Waals surface area contributed by atoms with E-state index in [1.807, 2.05) is 66.7 Å². The van der Waals surface area contributed by atoms with Gasteiger partial charge >= 0.3 is 0 Å². The van der Waals surface area contributed by atoms with Gasteiger partial charge < -0.3 is 10.1 Å². The molecule has 0 bridgehead atoms. The van der Waals surface area contributed by atoms with Crippen LogP contribution in [0.2, 0.25) is 0 Å². The Labute approximate surface area is 191 Å². The van der Waals surface area contributed by atoms with Crippen LogP contribution in [0.15, 0.2) is 77.6 Å². The molecule has 0 atom stereocenters. The molecule has 0 aliphatic heterocycles. The van der Waals surface area contributed by atoms with Gasteiger partial charge in [0.2, 0.25) is 5.91 Å². The van der Waals surface area contributed by atoms with E-state index >= 15 is 0 Å². The third-order valence-corrected chi connectivity index (χ3v) is 5.92. The zero-order chi connectivity index (χ0) is 22.8. The molecule has 1 fully saturated rings. The molecule has 0 saturated heterocycles. The van der Waals surface area contributed by atoms with E-state index in [1.54, 1.807) is 17.7 Å². The molecule has 166 valence electrons. The number of nitrogens with one attached hydrogen (secondary N) is 1. The topological polar surface area (TPSA) is 73.2 Å². The molecule has 5 rings (SSSR count). The van der Waals surface area contributed by atoms with Crippen molar-refractivity contribution in [2.45, 2.75) is 31.7 Å². The third-order valence-electron chi connectivity index (χ3n) is 5.92. The summed E-state index contributed by atoms with van der Waals surface area (Å²) in [5, 5.41) is 3.42. The highest BCUT2D eigenvalue weighted by Crippen LogP contribution is 2.39. The van der Waals surface area contributed by atoms with E-state index < -0.39 is 0 Å². The second kappa shape index (κ2) is 8.90. The summed E-state index contributed by atoms with van der Waals surface area (Å²) in [5.74, 6) is 1.82. The zero-order valence-corrected chi connectivity index (χ0v) is 18.5. The first kappa shape index (κ1) is 20.9. The summed E-state index contributed by atoms with van der Waals surface area (Å²) >= 11 is 0. The summed E-state index contributed by atoms with van der Waals surface area (Å²) in [6.07, 6.45) is 2.38. The van der Waals surface area contributed by atoms with Crippen molar-refractivity contribution in [1.82, 2.24) is 9.55 Å². The van der Waals surface area contributed by atoms with Crippen LogP contribution in [0.25, 0.3) is 10.9 Å². The van der Waals surface area contributed by atoms with Crippen molar-refractivity contribution in [3.63, 3.8) is 0 Å². The summed E-state index contributed by atoms with van der Waals surface area (Å²) in [7, 11) is 1.63. The second-order valence-electron chi connectivity index (χ2n) is 8.43. The molecule has 0 radical (unpaired) electrons. The highest BCUT2D eigenvalue weighted by Gasteiger charge is 2.29. The molecule has 6 nitrogen and oxygen atoms in total. The van der Waals surface area contributed by atoms with Crippen molar-refractivity contribution in [1.29, 1.82) is 0 Å². The molecule has 1 saturated carbocycles. The van der Waals surface area contributed by atoms with Crippen molar-refractivity contribution in [3.8, 4) is 5.75 Å². The standard InChI is InChI=1S/C27H25N3O3/c1-33-22-12-7-19(8-13-22)17-30-26(20-9-10-20)29-24-14-11-21(16-23(24)27(30)32)28-25(31)15-18-5-3-2-4-6-18/h2-8,11-14,16,20H,9-10,15,17H2,1H3,(H,28,31). The number of rotatable bonds is 7. The number of aromatic nitrogens is 2. The largest absolute Gasteiger partial charge is 0.497 e. The predicted molar refractivity (Wildman–Crippen MR) is 129 cm³/mol. The minimum atomic E-state index is -0.123. The fraction of sp³-hybridized carbons (Fsp3) is 0.222. The molecule has 1 aromatic heterocycles. The Hall–Kier alpha value is -3.93. The van der Waals surface area contributed by atoms with E-state index in [1.165, 1.54) is 0 Å². The van der Waals surface area contributed by atoms with Gasteiger partial charge in [-0.15, -0.1) is 0 Å². The quantitative estimate of drug-likeness (QED) is 0.460. The van der Waals surface area contributed by atoms with Gasteiger partial charge in [-0.25, -0.2) is 4.98 Å². The minimum Gasteiger partial charge on any atom is -0.497 e. The second-order valence-corrected chi connectivity index (χ2v) is 8.43. The average molecular weight is 440 g/mol. The maximum atomic E-state index is 13.5. The van der Waals surface area contributed by atoms with Crippen LogP contribution in [0.1, 0.15) is 35.7 Å². The van der Waals surface area contributed by atoms with Gasteiger partial charge in [0, 0.05) is 11.6 Å². The molecular weight excluding hydrogens is 414 g/mol. The lowest BCUT2D eigenvalue weighted by molar-refractivity contribution is -0.115. The lowest BCUT2D eigenvalue weighted by Gasteiger charge is -2.14. The number of benzene rings is 3. The van der Waals surface area contributed by atoms with E-state index in [4.69, 9.17) is 9.72 Å². The smallest absolute Gasteiger partial charge is 0.261 e. The molecule has 6 heteroatoms. The van der Waals surface area contributed by atoms with Gasteiger partial charge in [-0.1, -0.05) is 42.5 Å². The Morgan fingerprint density at radius 3 is 2.48 bits per heavy atom. The van der Waals surface area contributed by atoms with Gasteiger partial charge in [-0.05, 0) is 54.3 Å². The molecule has 33 heavy (non-hydrogen) atoms. The minimum absolute atomic E-state index is 0.0862. The molecule has 1 aliphatic rings. The van der Waals surface area contributed by atoms with Crippen LogP contribution in [0.5, 0.6) is 5.75 Å². The number of nitrogens with zero attached hydrogens (tertiary/aromatic N) is 2. The molecule has 3 aromatic carbocycles. The van der Waals surface area contributed by atoms with E-state index in [0.717, 1.165) is 35.5 Å². The van der Waals surface area contributed by atoms with E-state index in [2.05, 4.69) is 5.32 Å². The van der Waals surface area contributed by atoms with Crippen LogP contribution in [-0.2, 0) is 17.8 Å². The van der Waals surface area contributed by atoms with Gasteiger partial charge in [-0.2, -0.15) is 0 Å². The highest BCUT2D eigenvalue weighted by atomic mass is 16.5. The Kier molecular flexibility index (Phi) is 5.65. The van der Waals surface area contributed by atoms with Crippen LogP contribution < -0.4 is 15.6 Å². The maximum absolute atomic E-state index is 13.5.